The SMILES string of the molecule is C[C@@H]1CN(C(=O)CCNS(=O)(=O)c2ccccc2F)C[C@H]1C(=O)O. The molecule has 2 atom stereocenters. The monoisotopic (exact) mass is 358 g/mol. The first-order valence-electron chi connectivity index (χ1n) is 7.47. The normalized spacial score (nSPS) is 21.0. The molecule has 2 N–H and O–H groups in total. The summed E-state index contributed by atoms with van der Waals surface area (Å²) in [4.78, 5) is 24.1. The lowest BCUT2D eigenvalue weighted by atomic mass is 9.99. The van der Waals surface area contributed by atoms with Gasteiger partial charge in [-0.05, 0) is 18.1 Å². The van der Waals surface area contributed by atoms with Crippen LogP contribution in [0.3, 0.4) is 0 Å². The van der Waals surface area contributed by atoms with Crippen molar-refractivity contribution in [2.24, 2.45) is 11.8 Å². The van der Waals surface area contributed by atoms with E-state index in [2.05, 4.69) is 4.72 Å². The molecule has 9 heteroatoms. The van der Waals surface area contributed by atoms with Crippen LogP contribution in [0.4, 0.5) is 4.39 Å². The molecule has 1 aliphatic rings. The highest BCUT2D eigenvalue weighted by Crippen LogP contribution is 2.23. The van der Waals surface area contributed by atoms with Gasteiger partial charge < -0.3 is 10.0 Å². The maximum absolute atomic E-state index is 13.5. The zero-order chi connectivity index (χ0) is 17.9. The fraction of sp³-hybridized carbons (Fsp3) is 0.467. The van der Waals surface area contributed by atoms with Crippen LogP contribution in [0.1, 0.15) is 13.3 Å². The predicted molar refractivity (Wildman–Crippen MR) is 83.1 cm³/mol. The van der Waals surface area contributed by atoms with Crippen LogP contribution in [0.2, 0.25) is 0 Å². The van der Waals surface area contributed by atoms with Gasteiger partial charge in [-0.15, -0.1) is 0 Å². The lowest BCUT2D eigenvalue weighted by Gasteiger charge is -2.16. The van der Waals surface area contributed by atoms with Crippen molar-refractivity contribution in [1.82, 2.24) is 9.62 Å². The van der Waals surface area contributed by atoms with E-state index in [1.165, 1.54) is 17.0 Å². The maximum atomic E-state index is 13.5. The van der Waals surface area contributed by atoms with Gasteiger partial charge in [0.1, 0.15) is 10.7 Å². The first kappa shape index (κ1) is 18.3. The summed E-state index contributed by atoms with van der Waals surface area (Å²) in [6.45, 7) is 2.02. The van der Waals surface area contributed by atoms with Crippen LogP contribution in [0.25, 0.3) is 0 Å². The lowest BCUT2D eigenvalue weighted by molar-refractivity contribution is -0.142. The Morgan fingerprint density at radius 2 is 2.00 bits per heavy atom. The number of carboxylic acids is 1. The largest absolute Gasteiger partial charge is 0.481 e. The van der Waals surface area contributed by atoms with E-state index in [0.717, 1.165) is 12.1 Å². The highest BCUT2D eigenvalue weighted by atomic mass is 32.2. The van der Waals surface area contributed by atoms with Gasteiger partial charge in [-0.2, -0.15) is 0 Å². The third kappa shape index (κ3) is 4.09. The molecule has 1 amide bonds. The first-order chi connectivity index (χ1) is 11.2. The van der Waals surface area contributed by atoms with Crippen LogP contribution in [-0.2, 0) is 19.6 Å². The Labute approximate surface area is 139 Å². The van der Waals surface area contributed by atoms with E-state index in [0.29, 0.717) is 6.54 Å². The van der Waals surface area contributed by atoms with Gasteiger partial charge in [0.2, 0.25) is 15.9 Å². The van der Waals surface area contributed by atoms with E-state index in [1.54, 1.807) is 6.92 Å². The number of nitrogens with zero attached hydrogens (tertiary/aromatic N) is 1. The quantitative estimate of drug-likeness (QED) is 0.778. The molecule has 1 aromatic rings. The highest BCUT2D eigenvalue weighted by molar-refractivity contribution is 7.89. The third-order valence-corrected chi connectivity index (χ3v) is 5.53. The maximum Gasteiger partial charge on any atom is 0.308 e. The number of benzene rings is 1. The molecule has 0 radical (unpaired) electrons. The molecule has 1 fully saturated rings. The van der Waals surface area contributed by atoms with Crippen LogP contribution in [0, 0.1) is 17.7 Å². The average molecular weight is 358 g/mol. The number of carboxylic acid groups (broad SMARTS) is 1. The van der Waals surface area contributed by atoms with Crippen LogP contribution < -0.4 is 4.72 Å². The molecular formula is C15H19FN2O5S. The molecule has 0 spiro atoms. The number of nitrogens with one attached hydrogen (secondary N) is 1. The van der Waals surface area contributed by atoms with E-state index in [-0.39, 0.29) is 31.3 Å². The number of rotatable bonds is 6. The molecule has 0 aliphatic carbocycles. The topological polar surface area (TPSA) is 104 Å². The number of likely N-dealkylation sites (tertiary alicyclic amines) is 1. The van der Waals surface area contributed by atoms with E-state index in [9.17, 15) is 22.4 Å². The molecule has 2 rings (SSSR count). The molecule has 0 unspecified atom stereocenters. The number of carbonyl (C=O) groups excluding carboxylic acids is 1. The number of hydrogen-bond acceptors (Lipinski definition) is 4. The van der Waals surface area contributed by atoms with E-state index >= 15 is 0 Å². The first-order valence-corrected chi connectivity index (χ1v) is 8.95. The third-order valence-electron chi connectivity index (χ3n) is 4.04. The second kappa shape index (κ2) is 7.27. The molecule has 1 saturated heterocycles. The molecule has 0 aromatic heterocycles. The van der Waals surface area contributed by atoms with Gasteiger partial charge >= 0.3 is 5.97 Å². The molecule has 1 aliphatic heterocycles. The van der Waals surface area contributed by atoms with Crippen molar-refractivity contribution in [1.29, 1.82) is 0 Å². The van der Waals surface area contributed by atoms with Gasteiger partial charge in [-0.25, -0.2) is 17.5 Å². The Kier molecular flexibility index (Phi) is 5.55. The Morgan fingerprint density at radius 3 is 2.58 bits per heavy atom. The van der Waals surface area contributed by atoms with Crippen molar-refractivity contribution in [3.05, 3.63) is 30.1 Å². The summed E-state index contributed by atoms with van der Waals surface area (Å²) >= 11 is 0. The summed E-state index contributed by atoms with van der Waals surface area (Å²) in [7, 11) is -4.03. The number of hydrogen-bond donors (Lipinski definition) is 2. The van der Waals surface area contributed by atoms with Crippen molar-refractivity contribution in [3.63, 3.8) is 0 Å². The Morgan fingerprint density at radius 1 is 1.33 bits per heavy atom. The van der Waals surface area contributed by atoms with E-state index in [1.807, 2.05) is 0 Å². The van der Waals surface area contributed by atoms with Gasteiger partial charge in [-0.3, -0.25) is 9.59 Å². The van der Waals surface area contributed by atoms with Crippen molar-refractivity contribution in [2.45, 2.75) is 18.2 Å². The molecule has 1 aromatic carbocycles. The van der Waals surface area contributed by atoms with Gasteiger partial charge in [-0.1, -0.05) is 19.1 Å². The Balaban J connectivity index is 1.89. The molecule has 1 heterocycles. The van der Waals surface area contributed by atoms with Crippen LogP contribution in [0.5, 0.6) is 0 Å². The number of aliphatic carboxylic acids is 1. The molecule has 132 valence electrons. The van der Waals surface area contributed by atoms with Gasteiger partial charge in [0.25, 0.3) is 0 Å². The molecule has 24 heavy (non-hydrogen) atoms. The van der Waals surface area contributed by atoms with E-state index in [4.69, 9.17) is 5.11 Å². The summed E-state index contributed by atoms with van der Waals surface area (Å²) in [5, 5.41) is 9.05. The highest BCUT2D eigenvalue weighted by Gasteiger charge is 2.36. The zero-order valence-corrected chi connectivity index (χ0v) is 13.9. The number of sulfonamides is 1. The fourth-order valence-corrected chi connectivity index (χ4v) is 3.79. The van der Waals surface area contributed by atoms with Crippen molar-refractivity contribution < 1.29 is 27.5 Å². The summed E-state index contributed by atoms with van der Waals surface area (Å²) in [5.41, 5.74) is 0. The standard InChI is InChI=1S/C15H19FN2O5S/c1-10-8-18(9-11(10)15(20)21)14(19)6-7-17-24(22,23)13-5-3-2-4-12(13)16/h2-5,10-11,17H,6-9H2,1H3,(H,20,21)/t10-,11-/m1/s1. The zero-order valence-electron chi connectivity index (χ0n) is 13.1. The van der Waals surface area contributed by atoms with Gasteiger partial charge in [0.05, 0.1) is 5.92 Å². The fourth-order valence-electron chi connectivity index (χ4n) is 2.68. The minimum absolute atomic E-state index is 0.118. The van der Waals surface area contributed by atoms with Crippen LogP contribution in [-0.4, -0.2) is 49.9 Å². The number of amides is 1. The molecule has 0 saturated carbocycles. The van der Waals surface area contributed by atoms with Crippen molar-refractivity contribution in [3.8, 4) is 0 Å². The van der Waals surface area contributed by atoms with Crippen molar-refractivity contribution in [2.75, 3.05) is 19.6 Å². The van der Waals surface area contributed by atoms with Crippen LogP contribution >= 0.6 is 0 Å². The molecule has 7 nitrogen and oxygen atoms in total. The number of halogens is 1. The molecular weight excluding hydrogens is 339 g/mol. The Hall–Kier alpha value is -2.00. The number of carbonyl (C=O) groups is 2. The second-order valence-electron chi connectivity index (χ2n) is 5.80. The minimum Gasteiger partial charge on any atom is -0.481 e. The lowest BCUT2D eigenvalue weighted by Crippen LogP contribution is -2.34. The smallest absolute Gasteiger partial charge is 0.308 e. The second-order valence-corrected chi connectivity index (χ2v) is 7.53. The van der Waals surface area contributed by atoms with Crippen LogP contribution in [0.15, 0.2) is 29.2 Å². The van der Waals surface area contributed by atoms with E-state index < -0.39 is 32.6 Å². The summed E-state index contributed by atoms with van der Waals surface area (Å²) < 4.78 is 39.7. The predicted octanol–water partition coefficient (Wildman–Crippen LogP) is 0.673. The van der Waals surface area contributed by atoms with Gasteiger partial charge in [0.15, 0.2) is 0 Å². The summed E-state index contributed by atoms with van der Waals surface area (Å²) in [5.74, 6) is -2.90. The Bertz CT molecular complexity index is 737. The minimum atomic E-state index is -4.03. The van der Waals surface area contributed by atoms with Crippen molar-refractivity contribution >= 4 is 21.9 Å². The average Bonchev–Trinajstić information content (AvgIpc) is 2.89. The molecule has 0 bridgehead atoms. The van der Waals surface area contributed by atoms with Gasteiger partial charge in [0, 0.05) is 26.1 Å². The summed E-state index contributed by atoms with van der Waals surface area (Å²) in [6, 6.07) is 4.96. The summed E-state index contributed by atoms with van der Waals surface area (Å²) in [6.07, 6.45) is -0.118.